The maximum absolute atomic E-state index is 13.2. The largest absolute Gasteiger partial charge is 0.481 e. The van der Waals surface area contributed by atoms with Crippen molar-refractivity contribution >= 4 is 59.1 Å². The van der Waals surface area contributed by atoms with Gasteiger partial charge in [-0.05, 0) is 11.6 Å². The van der Waals surface area contributed by atoms with Crippen molar-refractivity contribution in [3.8, 4) is 0 Å². The van der Waals surface area contributed by atoms with Gasteiger partial charge in [-0.25, -0.2) is 4.79 Å². The molecule has 37 heavy (non-hydrogen) atoms. The number of carboxylic acids is 2. The third kappa shape index (κ3) is 8.50. The molecule has 4 unspecified atom stereocenters. The molecule has 1 aromatic heterocycles. The molecule has 0 saturated heterocycles. The molecular weight excluding hydrogens is 508 g/mol. The van der Waals surface area contributed by atoms with Crippen molar-refractivity contribution < 1.29 is 39.0 Å². The van der Waals surface area contributed by atoms with Crippen LogP contribution in [0.15, 0.2) is 30.5 Å². The number of H-pyrrole nitrogens is 1. The summed E-state index contributed by atoms with van der Waals surface area (Å²) < 4.78 is 0. The normalized spacial score (nSPS) is 14.1. The van der Waals surface area contributed by atoms with Gasteiger partial charge in [0.25, 0.3) is 0 Å². The maximum Gasteiger partial charge on any atom is 0.326 e. The van der Waals surface area contributed by atoms with Gasteiger partial charge in [0.15, 0.2) is 0 Å². The first kappa shape index (κ1) is 29.1. The first-order chi connectivity index (χ1) is 17.4. The molecule has 1 aromatic carbocycles. The summed E-state index contributed by atoms with van der Waals surface area (Å²) in [5, 5.41) is 25.8. The van der Waals surface area contributed by atoms with Crippen molar-refractivity contribution in [3.05, 3.63) is 36.0 Å². The number of rotatable bonds is 14. The fourth-order valence-corrected chi connectivity index (χ4v) is 3.69. The Morgan fingerprint density at radius 1 is 0.892 bits per heavy atom. The van der Waals surface area contributed by atoms with Crippen LogP contribution in [0, 0.1) is 0 Å². The van der Waals surface area contributed by atoms with Gasteiger partial charge in [0.05, 0.1) is 18.9 Å². The summed E-state index contributed by atoms with van der Waals surface area (Å²) >= 11 is 4.03. The smallest absolute Gasteiger partial charge is 0.326 e. The van der Waals surface area contributed by atoms with Crippen LogP contribution in [-0.4, -0.2) is 80.7 Å². The molecule has 2 rings (SSSR count). The molecule has 4 atom stereocenters. The fraction of sp³-hybridized carbons (Fsp3) is 0.364. The molecular formula is C22H28N6O8S. The van der Waals surface area contributed by atoms with Crippen molar-refractivity contribution in [3.63, 3.8) is 0 Å². The predicted molar refractivity (Wildman–Crippen MR) is 133 cm³/mol. The molecule has 0 aliphatic carbocycles. The number of nitrogens with two attached hydrogens (primary N) is 2. The average Bonchev–Trinajstić information content (AvgIpc) is 3.23. The van der Waals surface area contributed by atoms with Gasteiger partial charge < -0.3 is 42.6 Å². The van der Waals surface area contributed by atoms with Crippen molar-refractivity contribution in [2.45, 2.75) is 43.4 Å². The van der Waals surface area contributed by atoms with Crippen molar-refractivity contribution in [2.24, 2.45) is 11.5 Å². The van der Waals surface area contributed by atoms with Gasteiger partial charge in [-0.2, -0.15) is 12.6 Å². The van der Waals surface area contributed by atoms with E-state index in [2.05, 4.69) is 33.6 Å². The zero-order chi connectivity index (χ0) is 27.7. The van der Waals surface area contributed by atoms with Gasteiger partial charge in [-0.15, -0.1) is 0 Å². The molecule has 0 fully saturated rings. The second-order valence-corrected chi connectivity index (χ2v) is 8.51. The average molecular weight is 537 g/mol. The van der Waals surface area contributed by atoms with Crippen LogP contribution >= 0.6 is 12.6 Å². The van der Waals surface area contributed by atoms with E-state index in [0.29, 0.717) is 5.56 Å². The number of benzene rings is 1. The second kappa shape index (κ2) is 13.3. The number of para-hydroxylation sites is 1. The molecule has 15 heteroatoms. The molecule has 200 valence electrons. The Labute approximate surface area is 215 Å². The molecule has 2 aromatic rings. The molecule has 1 heterocycles. The SMILES string of the molecule is NC(=O)CC(NC(=O)C(CS)NC(=O)C(Cc1c[nH]c2ccccc12)NC(=O)C(N)CC(=O)O)C(=O)O. The molecule has 4 amide bonds. The Balaban J connectivity index is 2.24. The summed E-state index contributed by atoms with van der Waals surface area (Å²) in [5.41, 5.74) is 12.1. The zero-order valence-corrected chi connectivity index (χ0v) is 20.4. The summed E-state index contributed by atoms with van der Waals surface area (Å²) in [4.78, 5) is 74.7. The summed E-state index contributed by atoms with van der Waals surface area (Å²) in [7, 11) is 0. The number of carbonyl (C=O) groups excluding carboxylic acids is 4. The second-order valence-electron chi connectivity index (χ2n) is 8.14. The van der Waals surface area contributed by atoms with E-state index in [0.717, 1.165) is 10.9 Å². The number of aromatic amines is 1. The Kier molecular flexibility index (Phi) is 10.4. The minimum atomic E-state index is -1.62. The van der Waals surface area contributed by atoms with Crippen LogP contribution in [0.2, 0.25) is 0 Å². The summed E-state index contributed by atoms with van der Waals surface area (Å²) in [5.74, 6) is -6.72. The molecule has 0 bridgehead atoms. The minimum absolute atomic E-state index is 0.0539. The van der Waals surface area contributed by atoms with Crippen LogP contribution in [0.1, 0.15) is 18.4 Å². The van der Waals surface area contributed by atoms with Crippen LogP contribution < -0.4 is 27.4 Å². The monoisotopic (exact) mass is 536 g/mol. The van der Waals surface area contributed by atoms with E-state index in [9.17, 15) is 33.9 Å². The van der Waals surface area contributed by atoms with Crippen LogP contribution in [0.3, 0.4) is 0 Å². The van der Waals surface area contributed by atoms with Gasteiger partial charge in [0.2, 0.25) is 23.6 Å². The fourth-order valence-electron chi connectivity index (χ4n) is 3.43. The van der Waals surface area contributed by atoms with E-state index in [-0.39, 0.29) is 12.2 Å². The number of hydrogen-bond acceptors (Lipinski definition) is 8. The standard InChI is InChI=1S/C22H28N6O8S/c23-12(6-18(30)31)19(32)26-14(5-10-8-25-13-4-2-1-3-11(10)13)20(33)28-16(9-37)21(34)27-15(22(35)36)7-17(24)29/h1-4,8,12,14-16,25,37H,5-7,9,23H2,(H2,24,29)(H,26,32)(H,27,34)(H,28,33)(H,30,31)(H,35,36). The highest BCUT2D eigenvalue weighted by Gasteiger charge is 2.31. The quantitative estimate of drug-likeness (QED) is 0.119. The number of nitrogens with one attached hydrogen (secondary N) is 4. The van der Waals surface area contributed by atoms with E-state index in [1.54, 1.807) is 24.4 Å². The molecule has 10 N–H and O–H groups in total. The van der Waals surface area contributed by atoms with Gasteiger partial charge in [0, 0.05) is 29.3 Å². The highest BCUT2D eigenvalue weighted by atomic mass is 32.1. The summed E-state index contributed by atoms with van der Waals surface area (Å²) in [6, 6.07) is 1.48. The molecule has 0 aliphatic heterocycles. The summed E-state index contributed by atoms with van der Waals surface area (Å²) in [6.07, 6.45) is 0.237. The third-order valence-corrected chi connectivity index (χ3v) is 5.66. The Hall–Kier alpha value is -4.11. The van der Waals surface area contributed by atoms with E-state index in [4.69, 9.17) is 16.6 Å². The molecule has 14 nitrogen and oxygen atoms in total. The number of carboxylic acid groups (broad SMARTS) is 2. The van der Waals surface area contributed by atoms with Gasteiger partial charge in [0.1, 0.15) is 18.1 Å². The summed E-state index contributed by atoms with van der Waals surface area (Å²) in [6.45, 7) is 0. The number of fused-ring (bicyclic) bond motifs is 1. The zero-order valence-electron chi connectivity index (χ0n) is 19.5. The first-order valence-corrected chi connectivity index (χ1v) is 11.6. The van der Waals surface area contributed by atoms with Gasteiger partial charge in [-0.1, -0.05) is 18.2 Å². The Morgan fingerprint density at radius 3 is 2.08 bits per heavy atom. The first-order valence-electron chi connectivity index (χ1n) is 11.0. The van der Waals surface area contributed by atoms with Crippen LogP contribution in [0.4, 0.5) is 0 Å². The molecule has 0 spiro atoms. The van der Waals surface area contributed by atoms with Crippen LogP contribution in [-0.2, 0) is 35.2 Å². The lowest BCUT2D eigenvalue weighted by atomic mass is 10.0. The molecule has 0 aliphatic rings. The van der Waals surface area contributed by atoms with E-state index >= 15 is 0 Å². The van der Waals surface area contributed by atoms with Crippen molar-refractivity contribution in [1.29, 1.82) is 0 Å². The van der Waals surface area contributed by atoms with Gasteiger partial charge in [-0.3, -0.25) is 24.0 Å². The van der Waals surface area contributed by atoms with Crippen LogP contribution in [0.25, 0.3) is 10.9 Å². The van der Waals surface area contributed by atoms with Crippen LogP contribution in [0.5, 0.6) is 0 Å². The minimum Gasteiger partial charge on any atom is -0.481 e. The predicted octanol–water partition coefficient (Wildman–Crippen LogP) is -2.14. The Morgan fingerprint density at radius 2 is 1.49 bits per heavy atom. The van der Waals surface area contributed by atoms with E-state index < -0.39 is 72.6 Å². The number of hydrogen-bond donors (Lipinski definition) is 9. The third-order valence-electron chi connectivity index (χ3n) is 5.30. The molecule has 0 saturated carbocycles. The lowest BCUT2D eigenvalue weighted by molar-refractivity contribution is -0.143. The van der Waals surface area contributed by atoms with E-state index in [1.165, 1.54) is 0 Å². The van der Waals surface area contributed by atoms with Gasteiger partial charge >= 0.3 is 11.9 Å². The molecule has 0 radical (unpaired) electrons. The highest BCUT2D eigenvalue weighted by Crippen LogP contribution is 2.19. The number of aliphatic carboxylic acids is 2. The number of thiol groups is 1. The van der Waals surface area contributed by atoms with E-state index in [1.807, 2.05) is 6.07 Å². The lowest BCUT2D eigenvalue weighted by Crippen LogP contribution is -2.58. The highest BCUT2D eigenvalue weighted by molar-refractivity contribution is 7.80. The maximum atomic E-state index is 13.2. The lowest BCUT2D eigenvalue weighted by Gasteiger charge is -2.24. The number of aromatic nitrogens is 1. The number of primary amides is 1. The topological polar surface area (TPSA) is 247 Å². The number of amides is 4. The van der Waals surface area contributed by atoms with Crippen molar-refractivity contribution in [1.82, 2.24) is 20.9 Å². The number of carbonyl (C=O) groups is 6. The van der Waals surface area contributed by atoms with Crippen molar-refractivity contribution in [2.75, 3.05) is 5.75 Å². The Bertz CT molecular complexity index is 1180.